The summed E-state index contributed by atoms with van der Waals surface area (Å²) in [6.45, 7) is 4.96. The number of aryl methyl sites for hydroxylation is 2. The quantitative estimate of drug-likeness (QED) is 0.135. The van der Waals surface area contributed by atoms with Gasteiger partial charge in [-0.3, -0.25) is 9.59 Å². The Morgan fingerprint density at radius 2 is 1.18 bits per heavy atom. The summed E-state index contributed by atoms with van der Waals surface area (Å²) in [6, 6.07) is 18.3. The van der Waals surface area contributed by atoms with Crippen LogP contribution >= 0.6 is 0 Å². The second-order valence-electron chi connectivity index (χ2n) is 10.2. The first-order valence-electron chi connectivity index (χ1n) is 15.2. The third-order valence-corrected chi connectivity index (χ3v) is 6.47. The van der Waals surface area contributed by atoms with Crippen molar-refractivity contribution in [3.8, 4) is 0 Å². The van der Waals surface area contributed by atoms with Crippen LogP contribution in [-0.2, 0) is 62.2 Å². The molecule has 0 spiro atoms. The molecule has 0 saturated heterocycles. The number of benzene rings is 2. The minimum Gasteiger partial charge on any atom is -0.382 e. The maximum absolute atomic E-state index is 12.2. The molecule has 2 aromatic carbocycles. The molecule has 0 radical (unpaired) electrons. The molecule has 0 aliphatic carbocycles. The number of ether oxygens (including phenoxy) is 5. The van der Waals surface area contributed by atoms with Gasteiger partial charge in [-0.1, -0.05) is 61.5 Å². The van der Waals surface area contributed by atoms with Crippen LogP contribution in [0.5, 0.6) is 0 Å². The first-order chi connectivity index (χ1) is 21.5. The lowest BCUT2D eigenvalue weighted by atomic mass is 10.0. The second kappa shape index (κ2) is 24.0. The van der Waals surface area contributed by atoms with E-state index in [2.05, 4.69) is 35.1 Å². The van der Waals surface area contributed by atoms with E-state index < -0.39 is 17.8 Å². The molecule has 0 saturated carbocycles. The topological polar surface area (TPSA) is 131 Å². The summed E-state index contributed by atoms with van der Waals surface area (Å²) in [5.41, 5.74) is 5.59. The Bertz CT molecular complexity index is 1050. The van der Waals surface area contributed by atoms with Crippen molar-refractivity contribution in [2.75, 3.05) is 73.1 Å². The molecule has 2 amide bonds. The first-order valence-corrected chi connectivity index (χ1v) is 15.2. The number of rotatable bonds is 24. The fourth-order valence-electron chi connectivity index (χ4n) is 3.92. The van der Waals surface area contributed by atoms with Crippen molar-refractivity contribution in [3.05, 3.63) is 71.3 Å². The van der Waals surface area contributed by atoms with Gasteiger partial charge in [0.2, 0.25) is 5.91 Å². The molecule has 0 bridgehead atoms. The van der Waals surface area contributed by atoms with E-state index in [1.807, 2.05) is 30.3 Å². The van der Waals surface area contributed by atoms with Crippen molar-refractivity contribution >= 4 is 17.8 Å². The standard InChI is InChI=1S/C33H48N2O9/c1-27(25-34-32(37)26-43-23-22-42-21-20-41-19-18-40-17-16-39-2)33(38)44-35-31(36)24-30-14-12-29(13-15-30)11-7-6-10-28-8-4-3-5-9-28/h3-5,8-9,12-15,27H,6-7,10-11,16-26H2,1-2H3,(H,34,37)(H,35,36). The lowest BCUT2D eigenvalue weighted by Gasteiger charge is -2.13. The number of unbranched alkanes of at least 4 members (excludes halogenated alkanes) is 1. The molecule has 11 heteroatoms. The van der Waals surface area contributed by atoms with Gasteiger partial charge in [0.05, 0.1) is 65.2 Å². The lowest BCUT2D eigenvalue weighted by Crippen LogP contribution is -2.37. The predicted molar refractivity (Wildman–Crippen MR) is 165 cm³/mol. The summed E-state index contributed by atoms with van der Waals surface area (Å²) in [5, 5.41) is 2.61. The van der Waals surface area contributed by atoms with E-state index in [4.69, 9.17) is 28.5 Å². The SMILES string of the molecule is COCCOCCOCCOCCOCC(=O)NCC(C)C(=O)ONC(=O)Cc1ccc(CCCCc2ccccc2)cc1. The average molecular weight is 617 g/mol. The van der Waals surface area contributed by atoms with Gasteiger partial charge in [0.1, 0.15) is 6.61 Å². The van der Waals surface area contributed by atoms with Crippen LogP contribution in [0.25, 0.3) is 0 Å². The normalized spacial score (nSPS) is 11.6. The summed E-state index contributed by atoms with van der Waals surface area (Å²) in [6.07, 6.45) is 4.35. The number of carbonyl (C=O) groups is 3. The molecule has 1 atom stereocenters. The number of carbonyl (C=O) groups excluding carboxylic acids is 3. The monoisotopic (exact) mass is 616 g/mol. The largest absolute Gasteiger partial charge is 0.382 e. The van der Waals surface area contributed by atoms with E-state index in [1.165, 1.54) is 11.1 Å². The zero-order chi connectivity index (χ0) is 31.7. The Balaban J connectivity index is 1.45. The van der Waals surface area contributed by atoms with Crippen molar-refractivity contribution < 1.29 is 42.9 Å². The summed E-state index contributed by atoms with van der Waals surface area (Å²) in [5.74, 6) is -2.11. The highest BCUT2D eigenvalue weighted by Crippen LogP contribution is 2.11. The molecule has 44 heavy (non-hydrogen) atoms. The van der Waals surface area contributed by atoms with Gasteiger partial charge in [0.15, 0.2) is 0 Å². The van der Waals surface area contributed by atoms with Crippen LogP contribution < -0.4 is 10.8 Å². The zero-order valence-corrected chi connectivity index (χ0v) is 26.1. The number of hydroxylamine groups is 1. The van der Waals surface area contributed by atoms with E-state index in [0.29, 0.717) is 46.2 Å². The molecule has 2 N–H and O–H groups in total. The van der Waals surface area contributed by atoms with E-state index in [9.17, 15) is 14.4 Å². The summed E-state index contributed by atoms with van der Waals surface area (Å²) < 4.78 is 26.2. The van der Waals surface area contributed by atoms with Gasteiger partial charge >= 0.3 is 5.97 Å². The third kappa shape index (κ3) is 18.3. The Kier molecular flexibility index (Phi) is 20.1. The highest BCUT2D eigenvalue weighted by Gasteiger charge is 2.17. The van der Waals surface area contributed by atoms with E-state index in [1.54, 1.807) is 14.0 Å². The van der Waals surface area contributed by atoms with Gasteiger partial charge in [-0.25, -0.2) is 4.79 Å². The zero-order valence-electron chi connectivity index (χ0n) is 26.1. The molecule has 11 nitrogen and oxygen atoms in total. The molecule has 1 unspecified atom stereocenters. The van der Waals surface area contributed by atoms with Crippen LogP contribution in [0.2, 0.25) is 0 Å². The second-order valence-corrected chi connectivity index (χ2v) is 10.2. The van der Waals surface area contributed by atoms with Gasteiger partial charge in [-0.2, -0.15) is 5.48 Å². The third-order valence-electron chi connectivity index (χ3n) is 6.47. The predicted octanol–water partition coefficient (Wildman–Crippen LogP) is 2.83. The van der Waals surface area contributed by atoms with Gasteiger partial charge < -0.3 is 33.8 Å². The molecular weight excluding hydrogens is 568 g/mol. The minimum absolute atomic E-state index is 0.0483. The van der Waals surface area contributed by atoms with Crippen LogP contribution in [0, 0.1) is 5.92 Å². The highest BCUT2D eigenvalue weighted by molar-refractivity contribution is 5.81. The van der Waals surface area contributed by atoms with Crippen LogP contribution in [0.15, 0.2) is 54.6 Å². The van der Waals surface area contributed by atoms with Crippen molar-refractivity contribution in [1.29, 1.82) is 0 Å². The molecule has 0 aliphatic heterocycles. The lowest BCUT2D eigenvalue weighted by molar-refractivity contribution is -0.161. The van der Waals surface area contributed by atoms with Crippen LogP contribution in [0.4, 0.5) is 0 Å². The number of nitrogens with one attached hydrogen (secondary N) is 2. The van der Waals surface area contributed by atoms with Gasteiger partial charge in [-0.05, 0) is 42.4 Å². The van der Waals surface area contributed by atoms with E-state index in [-0.39, 0.29) is 32.1 Å². The Hall–Kier alpha value is -3.35. The maximum atomic E-state index is 12.2. The highest BCUT2D eigenvalue weighted by atomic mass is 16.7. The van der Waals surface area contributed by atoms with Crippen molar-refractivity contribution in [2.45, 2.75) is 39.0 Å². The average Bonchev–Trinajstić information content (AvgIpc) is 3.04. The summed E-state index contributed by atoms with van der Waals surface area (Å²) >= 11 is 0. The van der Waals surface area contributed by atoms with Crippen molar-refractivity contribution in [2.24, 2.45) is 5.92 Å². The number of hydrogen-bond acceptors (Lipinski definition) is 9. The number of methoxy groups -OCH3 is 1. The summed E-state index contributed by atoms with van der Waals surface area (Å²) in [7, 11) is 1.62. The Morgan fingerprint density at radius 1 is 0.659 bits per heavy atom. The number of amides is 2. The first kappa shape index (κ1) is 36.8. The van der Waals surface area contributed by atoms with Crippen LogP contribution in [-0.4, -0.2) is 90.9 Å². The molecule has 0 heterocycles. The van der Waals surface area contributed by atoms with Crippen molar-refractivity contribution in [1.82, 2.24) is 10.8 Å². The molecule has 0 fully saturated rings. The van der Waals surface area contributed by atoms with Gasteiger partial charge in [0, 0.05) is 13.7 Å². The molecule has 0 aromatic heterocycles. The maximum Gasteiger partial charge on any atom is 0.336 e. The fraction of sp³-hybridized carbons (Fsp3) is 0.545. The van der Waals surface area contributed by atoms with Crippen LogP contribution in [0.3, 0.4) is 0 Å². The molecule has 2 rings (SSSR count). The summed E-state index contributed by atoms with van der Waals surface area (Å²) in [4.78, 5) is 41.3. The molecular formula is C33H48N2O9. The Labute approximate surface area is 260 Å². The van der Waals surface area contributed by atoms with Crippen LogP contribution in [0.1, 0.15) is 36.5 Å². The Morgan fingerprint density at radius 3 is 1.77 bits per heavy atom. The van der Waals surface area contributed by atoms with Gasteiger partial charge in [0.25, 0.3) is 5.91 Å². The fourth-order valence-corrected chi connectivity index (χ4v) is 3.92. The minimum atomic E-state index is -0.658. The smallest absolute Gasteiger partial charge is 0.336 e. The van der Waals surface area contributed by atoms with Crippen molar-refractivity contribution in [3.63, 3.8) is 0 Å². The van der Waals surface area contributed by atoms with Gasteiger partial charge in [-0.15, -0.1) is 0 Å². The van der Waals surface area contributed by atoms with E-state index in [0.717, 1.165) is 31.2 Å². The molecule has 2 aromatic rings. The van der Waals surface area contributed by atoms with E-state index >= 15 is 0 Å². The molecule has 244 valence electrons. The number of hydrogen-bond donors (Lipinski definition) is 2. The molecule has 0 aliphatic rings.